The van der Waals surface area contributed by atoms with Gasteiger partial charge in [0.05, 0.1) is 6.61 Å². The van der Waals surface area contributed by atoms with Gasteiger partial charge in [-0.05, 0) is 70.4 Å². The van der Waals surface area contributed by atoms with Gasteiger partial charge in [0.2, 0.25) is 0 Å². The van der Waals surface area contributed by atoms with Crippen LogP contribution < -0.4 is 4.74 Å². The fourth-order valence-electron chi connectivity index (χ4n) is 2.81. The van der Waals surface area contributed by atoms with Crippen LogP contribution in [0.4, 0.5) is 0 Å². The summed E-state index contributed by atoms with van der Waals surface area (Å²) in [5, 5.41) is 0. The van der Waals surface area contributed by atoms with Crippen molar-refractivity contribution in [1.29, 1.82) is 0 Å². The zero-order chi connectivity index (χ0) is 22.1. The van der Waals surface area contributed by atoms with E-state index in [9.17, 15) is 9.59 Å². The van der Waals surface area contributed by atoms with Crippen molar-refractivity contribution >= 4 is 37.1 Å². The minimum absolute atomic E-state index is 0.254. The Hall–Kier alpha value is -1.53. The summed E-state index contributed by atoms with van der Waals surface area (Å²) in [6.07, 6.45) is 2.81. The van der Waals surface area contributed by atoms with Crippen LogP contribution in [0.15, 0.2) is 42.5 Å². The molecule has 0 aliphatic heterocycles. The summed E-state index contributed by atoms with van der Waals surface area (Å²) in [4.78, 5) is 23.5. The van der Waals surface area contributed by atoms with Crippen LogP contribution in [0, 0.1) is 0 Å². The monoisotopic (exact) mass is 454 g/mol. The lowest BCUT2D eigenvalue weighted by molar-refractivity contribution is -0.138. The fraction of sp³-hybridized carbons (Fsp3) is 0.500. The van der Waals surface area contributed by atoms with Gasteiger partial charge in [-0.2, -0.15) is 0 Å². The zero-order valence-electron chi connectivity index (χ0n) is 18.6. The van der Waals surface area contributed by atoms with Crippen LogP contribution in [-0.4, -0.2) is 43.7 Å². The maximum atomic E-state index is 11.8. The molecule has 1 rings (SSSR count). The largest absolute Gasteiger partial charge is 0.463 e. The molecular formula is C20H34O6Si3. The molecule has 1 aromatic carbocycles. The highest BCUT2D eigenvalue weighted by Gasteiger charge is 2.39. The normalized spacial score (nSPS) is 12.8. The first kappa shape index (κ1) is 25.5. The number of ether oxygens (including phenoxy) is 2. The summed E-state index contributed by atoms with van der Waals surface area (Å²) < 4.78 is 23.1. The average Bonchev–Trinajstić information content (AvgIpc) is 2.54. The number of esters is 2. The Kier molecular flexibility index (Phi) is 9.70. The van der Waals surface area contributed by atoms with E-state index in [1.54, 1.807) is 24.3 Å². The lowest BCUT2D eigenvalue weighted by atomic mass is 10.3. The molecule has 162 valence electrons. The second-order valence-electron chi connectivity index (χ2n) is 8.90. The molecule has 9 heteroatoms. The third-order valence-electron chi connectivity index (χ3n) is 3.38. The van der Waals surface area contributed by atoms with Gasteiger partial charge in [-0.3, -0.25) is 0 Å². The van der Waals surface area contributed by atoms with Crippen molar-refractivity contribution < 1.29 is 27.3 Å². The van der Waals surface area contributed by atoms with Crippen molar-refractivity contribution in [3.8, 4) is 5.75 Å². The molecule has 0 saturated heterocycles. The van der Waals surface area contributed by atoms with Crippen LogP contribution >= 0.6 is 0 Å². The van der Waals surface area contributed by atoms with Gasteiger partial charge in [0, 0.05) is 12.2 Å². The first-order chi connectivity index (χ1) is 13.3. The molecule has 0 atom stereocenters. The first-order valence-corrected chi connectivity index (χ1v) is 19.1. The van der Waals surface area contributed by atoms with Gasteiger partial charge < -0.3 is 17.7 Å². The van der Waals surface area contributed by atoms with Gasteiger partial charge in [-0.15, -0.1) is 0 Å². The van der Waals surface area contributed by atoms with Crippen molar-refractivity contribution in [3.05, 3.63) is 42.5 Å². The number of para-hydroxylation sites is 1. The Morgan fingerprint density at radius 1 is 0.828 bits per heavy atom. The molecule has 0 aliphatic rings. The fourth-order valence-corrected chi connectivity index (χ4v) is 15.3. The molecule has 6 nitrogen and oxygen atoms in total. The van der Waals surface area contributed by atoms with E-state index in [0.717, 1.165) is 18.2 Å². The maximum absolute atomic E-state index is 11.8. The second-order valence-corrected chi connectivity index (χ2v) is 21.8. The Labute approximate surface area is 177 Å². The van der Waals surface area contributed by atoms with E-state index < -0.39 is 37.1 Å². The highest BCUT2D eigenvalue weighted by Crippen LogP contribution is 2.25. The van der Waals surface area contributed by atoms with Crippen LogP contribution in [0.3, 0.4) is 0 Å². The summed E-state index contributed by atoms with van der Waals surface area (Å²) in [5.74, 6) is -0.777. The van der Waals surface area contributed by atoms with Gasteiger partial charge in [-0.1, -0.05) is 18.2 Å². The predicted octanol–water partition coefficient (Wildman–Crippen LogP) is 4.86. The van der Waals surface area contributed by atoms with Crippen molar-refractivity contribution in [2.24, 2.45) is 0 Å². The molecule has 0 unspecified atom stereocenters. The molecule has 0 bridgehead atoms. The van der Waals surface area contributed by atoms with Crippen LogP contribution in [0.25, 0.3) is 0 Å². The molecule has 0 N–H and O–H groups in total. The van der Waals surface area contributed by atoms with Crippen molar-refractivity contribution in [2.45, 2.75) is 58.3 Å². The van der Waals surface area contributed by atoms with E-state index in [2.05, 4.69) is 45.8 Å². The van der Waals surface area contributed by atoms with Gasteiger partial charge in [0.25, 0.3) is 0 Å². The second kappa shape index (κ2) is 11.0. The summed E-state index contributed by atoms with van der Waals surface area (Å²) in [5.41, 5.74) is 0. The summed E-state index contributed by atoms with van der Waals surface area (Å²) >= 11 is 0. The van der Waals surface area contributed by atoms with E-state index in [4.69, 9.17) is 17.7 Å². The van der Waals surface area contributed by atoms with Crippen molar-refractivity contribution in [3.63, 3.8) is 0 Å². The molecule has 0 heterocycles. The number of rotatable bonds is 11. The number of hydrogen-bond donors (Lipinski definition) is 0. The predicted molar refractivity (Wildman–Crippen MR) is 122 cm³/mol. The molecule has 0 saturated carbocycles. The van der Waals surface area contributed by atoms with E-state index in [1.807, 2.05) is 6.07 Å². The minimum atomic E-state index is -2.33. The van der Waals surface area contributed by atoms with Crippen molar-refractivity contribution in [2.75, 3.05) is 6.61 Å². The minimum Gasteiger partial charge on any atom is -0.463 e. The van der Waals surface area contributed by atoms with Gasteiger partial charge in [-0.25, -0.2) is 9.59 Å². The molecule has 0 radical (unpaired) electrons. The molecule has 0 aromatic heterocycles. The van der Waals surface area contributed by atoms with Crippen LogP contribution in [0.5, 0.6) is 5.75 Å². The lowest BCUT2D eigenvalue weighted by Crippen LogP contribution is -2.52. The Bertz CT molecular complexity index is 676. The Balaban J connectivity index is 2.45. The Morgan fingerprint density at radius 2 is 1.34 bits per heavy atom. The van der Waals surface area contributed by atoms with E-state index in [-0.39, 0.29) is 6.61 Å². The highest BCUT2D eigenvalue weighted by molar-refractivity contribution is 6.87. The highest BCUT2D eigenvalue weighted by atomic mass is 28.5. The smallest absolute Gasteiger partial charge is 0.336 e. The Morgan fingerprint density at radius 3 is 1.86 bits per heavy atom. The summed E-state index contributed by atoms with van der Waals surface area (Å²) in [6.45, 7) is 15.3. The standard InChI is InChI=1S/C20H34O6Si3/c1-27(2,3)25-29(7,26-28(4,5)6)17-11-16-23-19(21)14-15-20(22)24-18-12-9-8-10-13-18/h8-10,12-15H,11,16-17H2,1-7H3. The third kappa shape index (κ3) is 12.6. The van der Waals surface area contributed by atoms with Crippen LogP contribution in [0.2, 0.25) is 51.9 Å². The van der Waals surface area contributed by atoms with E-state index in [0.29, 0.717) is 12.2 Å². The van der Waals surface area contributed by atoms with E-state index in [1.165, 1.54) is 0 Å². The summed E-state index contributed by atoms with van der Waals surface area (Å²) in [6, 6.07) is 9.42. The molecule has 0 aliphatic carbocycles. The molecule has 1 aromatic rings. The molecule has 0 spiro atoms. The SMILES string of the molecule is C[Si](C)(C)O[Si](C)(CCCOC(=O)C=CC(=O)Oc1ccccc1)O[Si](C)(C)C. The molecule has 0 amide bonds. The molecule has 29 heavy (non-hydrogen) atoms. The van der Waals surface area contributed by atoms with Gasteiger partial charge in [0.1, 0.15) is 5.75 Å². The third-order valence-corrected chi connectivity index (χ3v) is 13.0. The number of carbonyl (C=O) groups excluding carboxylic acids is 2. The van der Waals surface area contributed by atoms with Crippen molar-refractivity contribution in [1.82, 2.24) is 0 Å². The summed E-state index contributed by atoms with van der Waals surface area (Å²) in [7, 11) is -5.82. The number of carbonyl (C=O) groups is 2. The maximum Gasteiger partial charge on any atom is 0.336 e. The first-order valence-electron chi connectivity index (χ1n) is 9.80. The molecular weight excluding hydrogens is 420 g/mol. The van der Waals surface area contributed by atoms with Gasteiger partial charge >= 0.3 is 20.5 Å². The molecule has 0 fully saturated rings. The van der Waals surface area contributed by atoms with Gasteiger partial charge in [0.15, 0.2) is 16.6 Å². The van der Waals surface area contributed by atoms with E-state index >= 15 is 0 Å². The zero-order valence-corrected chi connectivity index (χ0v) is 21.6. The number of benzene rings is 1. The quantitative estimate of drug-likeness (QED) is 0.156. The number of hydrogen-bond acceptors (Lipinski definition) is 6. The lowest BCUT2D eigenvalue weighted by Gasteiger charge is -2.38. The van der Waals surface area contributed by atoms with Crippen LogP contribution in [0.1, 0.15) is 6.42 Å². The topological polar surface area (TPSA) is 71.1 Å². The average molecular weight is 455 g/mol. The van der Waals surface area contributed by atoms with Crippen LogP contribution in [-0.2, 0) is 22.6 Å².